The second-order valence-corrected chi connectivity index (χ2v) is 9.74. The smallest absolute Gasteiger partial charge is 0.227 e. The van der Waals surface area contributed by atoms with Gasteiger partial charge < -0.3 is 4.90 Å². The number of rotatable bonds is 5. The van der Waals surface area contributed by atoms with Crippen LogP contribution in [0.2, 0.25) is 0 Å². The molecule has 1 aromatic carbocycles. The molecular weight excluding hydrogens is 336 g/mol. The average molecular weight is 362 g/mol. The van der Waals surface area contributed by atoms with E-state index in [1.165, 1.54) is 19.3 Å². The van der Waals surface area contributed by atoms with Crippen LogP contribution in [0.25, 0.3) is 0 Å². The van der Waals surface area contributed by atoms with Gasteiger partial charge in [0.25, 0.3) is 0 Å². The zero-order chi connectivity index (χ0) is 17.4. The maximum absolute atomic E-state index is 12.9. The van der Waals surface area contributed by atoms with Crippen molar-refractivity contribution in [2.45, 2.75) is 43.9 Å². The van der Waals surface area contributed by atoms with Crippen molar-refractivity contribution in [1.29, 1.82) is 0 Å². The minimum absolute atomic E-state index is 0.0180. The molecule has 3 heterocycles. The molecule has 25 heavy (non-hydrogen) atoms. The molecule has 0 aromatic heterocycles. The van der Waals surface area contributed by atoms with Crippen molar-refractivity contribution in [2.75, 3.05) is 19.6 Å². The summed E-state index contributed by atoms with van der Waals surface area (Å²) in [6.07, 6.45) is 5.43. The summed E-state index contributed by atoms with van der Waals surface area (Å²) in [7, 11) is -3.40. The standard InChI is InChI=1S/C19H26N2O3S/c22-19-17-9-10-18(21(19)11-15-7-4-8-15)13-20(12-17)25(23,24)14-16-5-2-1-3-6-16/h1-3,5-6,15,17-18H,4,7-14H2/t17-,18+/m0/s1. The first-order valence-electron chi connectivity index (χ1n) is 9.35. The van der Waals surface area contributed by atoms with Gasteiger partial charge >= 0.3 is 0 Å². The molecular formula is C19H26N2O3S. The van der Waals surface area contributed by atoms with E-state index in [1.807, 2.05) is 35.2 Å². The predicted molar refractivity (Wildman–Crippen MR) is 96.2 cm³/mol. The van der Waals surface area contributed by atoms with Gasteiger partial charge in [0, 0.05) is 25.7 Å². The molecule has 2 bridgehead atoms. The lowest BCUT2D eigenvalue weighted by molar-refractivity contribution is -0.141. The van der Waals surface area contributed by atoms with Crippen LogP contribution in [0.15, 0.2) is 30.3 Å². The van der Waals surface area contributed by atoms with Crippen LogP contribution in [0.3, 0.4) is 0 Å². The third-order valence-electron chi connectivity index (χ3n) is 6.02. The van der Waals surface area contributed by atoms with Gasteiger partial charge in [0.05, 0.1) is 11.7 Å². The van der Waals surface area contributed by atoms with Gasteiger partial charge in [-0.25, -0.2) is 8.42 Å². The van der Waals surface area contributed by atoms with E-state index in [-0.39, 0.29) is 23.6 Å². The molecule has 136 valence electrons. The van der Waals surface area contributed by atoms with Crippen LogP contribution in [0.4, 0.5) is 0 Å². The molecule has 5 nitrogen and oxygen atoms in total. The molecule has 0 spiro atoms. The summed E-state index contributed by atoms with van der Waals surface area (Å²) in [6.45, 7) is 1.64. The summed E-state index contributed by atoms with van der Waals surface area (Å²) >= 11 is 0. The fourth-order valence-electron chi connectivity index (χ4n) is 4.30. The number of hydrogen-bond acceptors (Lipinski definition) is 3. The fourth-order valence-corrected chi connectivity index (χ4v) is 5.90. The quantitative estimate of drug-likeness (QED) is 0.807. The lowest BCUT2D eigenvalue weighted by atomic mass is 9.83. The number of nitrogens with zero attached hydrogens (tertiary/aromatic N) is 2. The molecule has 3 aliphatic heterocycles. The van der Waals surface area contributed by atoms with Crippen LogP contribution < -0.4 is 0 Å². The van der Waals surface area contributed by atoms with E-state index in [0.29, 0.717) is 19.0 Å². The molecule has 0 unspecified atom stereocenters. The van der Waals surface area contributed by atoms with Crippen molar-refractivity contribution in [3.8, 4) is 0 Å². The van der Waals surface area contributed by atoms with E-state index in [1.54, 1.807) is 4.31 Å². The molecule has 2 atom stereocenters. The molecule has 4 aliphatic rings. The van der Waals surface area contributed by atoms with Crippen LogP contribution in [-0.2, 0) is 20.6 Å². The number of benzene rings is 1. The number of carbonyl (C=O) groups is 1. The van der Waals surface area contributed by atoms with Crippen molar-refractivity contribution in [1.82, 2.24) is 9.21 Å². The van der Waals surface area contributed by atoms with E-state index < -0.39 is 10.0 Å². The Kier molecular flexibility index (Phi) is 4.58. The lowest BCUT2D eigenvalue weighted by Crippen LogP contribution is -2.50. The van der Waals surface area contributed by atoms with Gasteiger partial charge in [-0.05, 0) is 37.2 Å². The Balaban J connectivity index is 1.51. The van der Waals surface area contributed by atoms with Crippen LogP contribution >= 0.6 is 0 Å². The van der Waals surface area contributed by atoms with Gasteiger partial charge in [0.2, 0.25) is 15.9 Å². The third-order valence-corrected chi connectivity index (χ3v) is 7.81. The van der Waals surface area contributed by atoms with E-state index in [4.69, 9.17) is 0 Å². The highest BCUT2D eigenvalue weighted by atomic mass is 32.2. The van der Waals surface area contributed by atoms with Crippen LogP contribution in [0, 0.1) is 11.8 Å². The minimum atomic E-state index is -3.40. The van der Waals surface area contributed by atoms with Crippen molar-refractivity contribution in [3.05, 3.63) is 35.9 Å². The summed E-state index contributed by atoms with van der Waals surface area (Å²) in [5, 5.41) is 0. The molecule has 6 heteroatoms. The van der Waals surface area contributed by atoms with E-state index in [9.17, 15) is 13.2 Å². The summed E-state index contributed by atoms with van der Waals surface area (Å²) < 4.78 is 27.4. The number of sulfonamides is 1. The first kappa shape index (κ1) is 17.0. The lowest BCUT2D eigenvalue weighted by Gasteiger charge is -2.40. The summed E-state index contributed by atoms with van der Waals surface area (Å²) in [4.78, 5) is 14.8. The van der Waals surface area contributed by atoms with E-state index in [2.05, 4.69) is 0 Å². The Labute approximate surface area is 150 Å². The topological polar surface area (TPSA) is 57.7 Å². The van der Waals surface area contributed by atoms with Crippen LogP contribution in [-0.4, -0.2) is 49.2 Å². The molecule has 3 saturated heterocycles. The molecule has 0 N–H and O–H groups in total. The zero-order valence-electron chi connectivity index (χ0n) is 14.5. The Bertz CT molecular complexity index is 730. The maximum atomic E-state index is 12.9. The minimum Gasteiger partial charge on any atom is -0.338 e. The monoisotopic (exact) mass is 362 g/mol. The highest BCUT2D eigenvalue weighted by Gasteiger charge is 2.44. The number of piperidine rings is 1. The number of fused-ring (bicyclic) bond motifs is 4. The fraction of sp³-hybridized carbons (Fsp3) is 0.632. The Morgan fingerprint density at radius 3 is 2.44 bits per heavy atom. The molecule has 1 amide bonds. The predicted octanol–water partition coefficient (Wildman–Crippen LogP) is 2.24. The van der Waals surface area contributed by atoms with Crippen molar-refractivity contribution >= 4 is 15.9 Å². The second-order valence-electron chi connectivity index (χ2n) is 7.77. The largest absolute Gasteiger partial charge is 0.338 e. The Hall–Kier alpha value is -1.40. The Morgan fingerprint density at radius 1 is 1.00 bits per heavy atom. The van der Waals surface area contributed by atoms with Gasteiger partial charge in [-0.2, -0.15) is 4.31 Å². The van der Waals surface area contributed by atoms with Gasteiger partial charge in [-0.1, -0.05) is 36.8 Å². The van der Waals surface area contributed by atoms with Crippen LogP contribution in [0.1, 0.15) is 37.7 Å². The first-order valence-corrected chi connectivity index (χ1v) is 11.0. The van der Waals surface area contributed by atoms with Crippen molar-refractivity contribution < 1.29 is 13.2 Å². The molecule has 1 saturated carbocycles. The number of hydrogen-bond donors (Lipinski definition) is 0. The SMILES string of the molecule is O=C1[C@H]2CC[C@H](CN(S(=O)(=O)Cc3ccccc3)C2)N1CC1CCC1. The third kappa shape index (κ3) is 3.47. The normalized spacial score (nSPS) is 28.0. The van der Waals surface area contributed by atoms with E-state index >= 15 is 0 Å². The van der Waals surface area contributed by atoms with E-state index in [0.717, 1.165) is 24.9 Å². The first-order chi connectivity index (χ1) is 12.0. The molecule has 0 radical (unpaired) electrons. The second kappa shape index (κ2) is 6.72. The molecule has 4 fully saturated rings. The molecule has 1 aliphatic carbocycles. The summed E-state index contributed by atoms with van der Waals surface area (Å²) in [6, 6.07) is 9.36. The highest BCUT2D eigenvalue weighted by molar-refractivity contribution is 7.88. The summed E-state index contributed by atoms with van der Waals surface area (Å²) in [5.41, 5.74) is 0.803. The van der Waals surface area contributed by atoms with Gasteiger partial charge in [0.15, 0.2) is 0 Å². The van der Waals surface area contributed by atoms with Crippen LogP contribution in [0.5, 0.6) is 0 Å². The average Bonchev–Trinajstić information content (AvgIpc) is 2.84. The van der Waals surface area contributed by atoms with Gasteiger partial charge in [0.1, 0.15) is 0 Å². The van der Waals surface area contributed by atoms with Gasteiger partial charge in [-0.3, -0.25) is 4.79 Å². The molecule has 1 aromatic rings. The van der Waals surface area contributed by atoms with Crippen molar-refractivity contribution in [3.63, 3.8) is 0 Å². The number of amides is 1. The van der Waals surface area contributed by atoms with Crippen molar-refractivity contribution in [2.24, 2.45) is 11.8 Å². The molecule has 5 rings (SSSR count). The zero-order valence-corrected chi connectivity index (χ0v) is 15.3. The maximum Gasteiger partial charge on any atom is 0.227 e. The Morgan fingerprint density at radius 2 is 1.76 bits per heavy atom. The summed E-state index contributed by atoms with van der Waals surface area (Å²) in [5.74, 6) is 0.659. The van der Waals surface area contributed by atoms with Gasteiger partial charge in [-0.15, -0.1) is 0 Å². The number of carbonyl (C=O) groups excluding carboxylic acids is 1. The highest BCUT2D eigenvalue weighted by Crippen LogP contribution is 2.34.